The molecule has 2 nitrogen and oxygen atoms in total. The van der Waals surface area contributed by atoms with Crippen molar-refractivity contribution in [3.8, 4) is 0 Å². The van der Waals surface area contributed by atoms with Crippen LogP contribution in [0.1, 0.15) is 62.3 Å². The molecule has 1 aliphatic heterocycles. The van der Waals surface area contributed by atoms with Crippen LogP contribution in [0.5, 0.6) is 0 Å². The lowest BCUT2D eigenvalue weighted by molar-refractivity contribution is 0.0542. The minimum Gasteiger partial charge on any atom is -0.322 e. The normalized spacial score (nSPS) is 21.4. The van der Waals surface area contributed by atoms with E-state index in [0.29, 0.717) is 0 Å². The zero-order valence-electron chi connectivity index (χ0n) is 13.6. The predicted octanol–water partition coefficient (Wildman–Crippen LogP) is 3.96. The fraction of sp³-hybridized carbons (Fsp3) is 0.667. The second-order valence-electron chi connectivity index (χ2n) is 6.66. The van der Waals surface area contributed by atoms with Gasteiger partial charge in [0.25, 0.3) is 0 Å². The van der Waals surface area contributed by atoms with Gasteiger partial charge in [-0.25, -0.2) is 0 Å². The quantitative estimate of drug-likeness (QED) is 0.900. The summed E-state index contributed by atoms with van der Waals surface area (Å²) in [5, 5.41) is 0. The molecule has 1 saturated heterocycles. The first kappa shape index (κ1) is 15.5. The summed E-state index contributed by atoms with van der Waals surface area (Å²) in [4.78, 5) is 2.62. The van der Waals surface area contributed by atoms with Crippen molar-refractivity contribution in [2.45, 2.75) is 65.0 Å². The maximum absolute atomic E-state index is 6.71. The lowest BCUT2D eigenvalue weighted by atomic mass is 9.81. The van der Waals surface area contributed by atoms with Gasteiger partial charge in [-0.05, 0) is 58.7 Å². The Labute approximate surface area is 124 Å². The van der Waals surface area contributed by atoms with E-state index in [-0.39, 0.29) is 11.6 Å². The van der Waals surface area contributed by atoms with Gasteiger partial charge in [0.1, 0.15) is 0 Å². The summed E-state index contributed by atoms with van der Waals surface area (Å²) in [7, 11) is 0. The number of hydrogen-bond donors (Lipinski definition) is 1. The Bertz CT molecular complexity index is 428. The van der Waals surface area contributed by atoms with E-state index in [4.69, 9.17) is 5.73 Å². The van der Waals surface area contributed by atoms with Crippen LogP contribution < -0.4 is 5.73 Å². The average Bonchev–Trinajstić information content (AvgIpc) is 2.45. The maximum atomic E-state index is 6.71. The standard InChI is InChI=1S/C18H30N2/c1-5-18(4,20-9-7-6-8-10-20)17(19)16-12-14(2)11-15(3)13-16/h11-13,17H,5-10,19H2,1-4H3. The maximum Gasteiger partial charge on any atom is 0.0479 e. The highest BCUT2D eigenvalue weighted by Gasteiger charge is 2.37. The molecule has 0 aromatic heterocycles. The molecule has 2 atom stereocenters. The van der Waals surface area contributed by atoms with Crippen LogP contribution in [-0.4, -0.2) is 23.5 Å². The highest BCUT2D eigenvalue weighted by atomic mass is 15.2. The zero-order chi connectivity index (χ0) is 14.8. The third-order valence-corrected chi connectivity index (χ3v) is 5.07. The summed E-state index contributed by atoms with van der Waals surface area (Å²) < 4.78 is 0. The van der Waals surface area contributed by atoms with Gasteiger partial charge >= 0.3 is 0 Å². The van der Waals surface area contributed by atoms with Crippen molar-refractivity contribution in [1.29, 1.82) is 0 Å². The molecule has 1 aromatic rings. The fourth-order valence-corrected chi connectivity index (χ4v) is 3.59. The molecule has 2 rings (SSSR count). The fourth-order valence-electron chi connectivity index (χ4n) is 3.59. The number of hydrogen-bond acceptors (Lipinski definition) is 2. The molecule has 1 heterocycles. The summed E-state index contributed by atoms with van der Waals surface area (Å²) in [5.41, 5.74) is 10.7. The summed E-state index contributed by atoms with van der Waals surface area (Å²) in [6.45, 7) is 11.3. The molecule has 1 fully saturated rings. The van der Waals surface area contributed by atoms with E-state index in [1.807, 2.05) is 0 Å². The summed E-state index contributed by atoms with van der Waals surface area (Å²) in [6, 6.07) is 6.83. The van der Waals surface area contributed by atoms with Gasteiger partial charge in [-0.1, -0.05) is 42.7 Å². The van der Waals surface area contributed by atoms with Crippen LogP contribution in [0.4, 0.5) is 0 Å². The van der Waals surface area contributed by atoms with Gasteiger partial charge in [0.05, 0.1) is 0 Å². The van der Waals surface area contributed by atoms with E-state index < -0.39 is 0 Å². The lowest BCUT2D eigenvalue weighted by Gasteiger charge is -2.47. The van der Waals surface area contributed by atoms with Crippen LogP contribution >= 0.6 is 0 Å². The molecule has 20 heavy (non-hydrogen) atoms. The first-order valence-electron chi connectivity index (χ1n) is 8.06. The molecule has 112 valence electrons. The SMILES string of the molecule is CCC(C)(C(N)c1cc(C)cc(C)c1)N1CCCCC1. The molecular weight excluding hydrogens is 244 g/mol. The van der Waals surface area contributed by atoms with Crippen molar-refractivity contribution in [2.24, 2.45) is 5.73 Å². The molecule has 2 N–H and O–H groups in total. The number of nitrogens with two attached hydrogens (primary N) is 1. The Balaban J connectivity index is 2.29. The number of nitrogens with zero attached hydrogens (tertiary/aromatic N) is 1. The van der Waals surface area contributed by atoms with E-state index in [0.717, 1.165) is 6.42 Å². The summed E-state index contributed by atoms with van der Waals surface area (Å²) in [5.74, 6) is 0. The molecule has 0 saturated carbocycles. The Morgan fingerprint density at radius 1 is 1.10 bits per heavy atom. The van der Waals surface area contributed by atoms with E-state index in [1.165, 1.54) is 49.0 Å². The molecule has 1 aliphatic rings. The molecular formula is C18H30N2. The molecule has 0 bridgehead atoms. The van der Waals surface area contributed by atoms with Gasteiger partial charge in [-0.2, -0.15) is 0 Å². The van der Waals surface area contributed by atoms with Gasteiger partial charge in [0, 0.05) is 11.6 Å². The van der Waals surface area contributed by atoms with Gasteiger partial charge in [0.15, 0.2) is 0 Å². The van der Waals surface area contributed by atoms with Crippen LogP contribution in [0.25, 0.3) is 0 Å². The van der Waals surface area contributed by atoms with Crippen molar-refractivity contribution in [3.05, 3.63) is 34.9 Å². The molecule has 0 spiro atoms. The third kappa shape index (κ3) is 3.07. The van der Waals surface area contributed by atoms with Gasteiger partial charge in [-0.3, -0.25) is 4.90 Å². The monoisotopic (exact) mass is 274 g/mol. The van der Waals surface area contributed by atoms with Crippen molar-refractivity contribution >= 4 is 0 Å². The summed E-state index contributed by atoms with van der Waals surface area (Å²) >= 11 is 0. The zero-order valence-corrected chi connectivity index (χ0v) is 13.6. The molecule has 2 unspecified atom stereocenters. The topological polar surface area (TPSA) is 29.3 Å². The minimum absolute atomic E-state index is 0.0701. The number of benzene rings is 1. The van der Waals surface area contributed by atoms with Gasteiger partial charge in [0.2, 0.25) is 0 Å². The van der Waals surface area contributed by atoms with E-state index in [1.54, 1.807) is 0 Å². The average molecular weight is 274 g/mol. The second-order valence-corrected chi connectivity index (χ2v) is 6.66. The Hall–Kier alpha value is -0.860. The van der Waals surface area contributed by atoms with Crippen LogP contribution in [0.3, 0.4) is 0 Å². The number of piperidine rings is 1. The van der Waals surface area contributed by atoms with Crippen molar-refractivity contribution in [2.75, 3.05) is 13.1 Å². The lowest BCUT2D eigenvalue weighted by Crippen LogP contribution is -2.54. The molecule has 1 aromatic carbocycles. The van der Waals surface area contributed by atoms with Crippen LogP contribution in [-0.2, 0) is 0 Å². The Morgan fingerprint density at radius 3 is 2.15 bits per heavy atom. The Kier molecular flexibility index (Phi) is 4.87. The van der Waals surface area contributed by atoms with Crippen LogP contribution in [0.2, 0.25) is 0 Å². The molecule has 0 radical (unpaired) electrons. The van der Waals surface area contributed by atoms with Crippen molar-refractivity contribution < 1.29 is 0 Å². The van der Waals surface area contributed by atoms with Crippen LogP contribution in [0, 0.1) is 13.8 Å². The highest BCUT2D eigenvalue weighted by molar-refractivity contribution is 5.32. The predicted molar refractivity (Wildman–Crippen MR) is 87.0 cm³/mol. The van der Waals surface area contributed by atoms with Gasteiger partial charge in [-0.15, -0.1) is 0 Å². The number of likely N-dealkylation sites (tertiary alicyclic amines) is 1. The summed E-state index contributed by atoms with van der Waals surface area (Å²) in [6.07, 6.45) is 5.10. The van der Waals surface area contributed by atoms with Crippen LogP contribution in [0.15, 0.2) is 18.2 Å². The molecule has 2 heteroatoms. The first-order chi connectivity index (χ1) is 9.47. The largest absolute Gasteiger partial charge is 0.322 e. The van der Waals surface area contributed by atoms with E-state index in [2.05, 4.69) is 50.8 Å². The van der Waals surface area contributed by atoms with Gasteiger partial charge < -0.3 is 5.73 Å². The third-order valence-electron chi connectivity index (χ3n) is 5.07. The highest BCUT2D eigenvalue weighted by Crippen LogP contribution is 2.35. The van der Waals surface area contributed by atoms with E-state index >= 15 is 0 Å². The molecule has 0 aliphatic carbocycles. The van der Waals surface area contributed by atoms with Crippen molar-refractivity contribution in [1.82, 2.24) is 4.90 Å². The Morgan fingerprint density at radius 2 is 1.65 bits per heavy atom. The smallest absolute Gasteiger partial charge is 0.0479 e. The molecule has 0 amide bonds. The van der Waals surface area contributed by atoms with E-state index in [9.17, 15) is 0 Å². The number of rotatable bonds is 4. The second kappa shape index (κ2) is 6.28. The van der Waals surface area contributed by atoms with Crippen molar-refractivity contribution in [3.63, 3.8) is 0 Å². The first-order valence-corrected chi connectivity index (χ1v) is 8.06. The number of aryl methyl sites for hydroxylation is 2. The minimum atomic E-state index is 0.0701.